The van der Waals surface area contributed by atoms with Crippen LogP contribution in [-0.4, -0.2) is 47.9 Å². The Kier molecular flexibility index (Phi) is 9.13. The van der Waals surface area contributed by atoms with Crippen LogP contribution in [0.1, 0.15) is 42.4 Å². The molecule has 1 N–H and O–H groups in total. The Morgan fingerprint density at radius 2 is 1.81 bits per heavy atom. The lowest BCUT2D eigenvalue weighted by Gasteiger charge is -2.26. The molecule has 0 saturated heterocycles. The van der Waals surface area contributed by atoms with Gasteiger partial charge in [-0.3, -0.25) is 14.3 Å². The number of nitrogens with zero attached hydrogens (tertiary/aromatic N) is 5. The molecule has 0 bridgehead atoms. The number of aromatic hydroxyl groups is 1. The highest BCUT2D eigenvalue weighted by Gasteiger charge is 2.32. The Bertz CT molecular complexity index is 1860. The number of benzene rings is 2. The molecule has 42 heavy (non-hydrogen) atoms. The van der Waals surface area contributed by atoms with Crippen molar-refractivity contribution in [3.63, 3.8) is 0 Å². The van der Waals surface area contributed by atoms with Crippen molar-refractivity contribution >= 4 is 9.84 Å². The summed E-state index contributed by atoms with van der Waals surface area (Å²) in [5.41, 5.74) is 1.12. The average molecular weight is 586 g/mol. The van der Waals surface area contributed by atoms with Crippen LogP contribution in [0.15, 0.2) is 81.6 Å². The van der Waals surface area contributed by atoms with Crippen molar-refractivity contribution in [3.05, 3.63) is 99.9 Å². The number of nitriles is 2. The molecule has 0 fully saturated rings. The largest absolute Gasteiger partial charge is 0.493 e. The van der Waals surface area contributed by atoms with Gasteiger partial charge in [-0.1, -0.05) is 24.3 Å². The van der Waals surface area contributed by atoms with Crippen LogP contribution >= 0.6 is 0 Å². The number of hydrogen-bond acceptors (Lipinski definition) is 10. The number of hydrogen-bond donors (Lipinski definition) is 1. The van der Waals surface area contributed by atoms with Crippen molar-refractivity contribution in [2.75, 3.05) is 13.7 Å². The third-order valence-corrected chi connectivity index (χ3v) is 8.19. The van der Waals surface area contributed by atoms with Gasteiger partial charge in [-0.2, -0.15) is 15.5 Å². The summed E-state index contributed by atoms with van der Waals surface area (Å²) in [5.74, 6) is -0.863. The monoisotopic (exact) mass is 585 g/mol. The topological polar surface area (TPSA) is 168 Å². The maximum absolute atomic E-state index is 13.8. The van der Waals surface area contributed by atoms with Crippen molar-refractivity contribution < 1.29 is 23.0 Å². The zero-order valence-electron chi connectivity index (χ0n) is 23.1. The lowest BCUT2D eigenvalue weighted by Crippen LogP contribution is -2.29. The van der Waals surface area contributed by atoms with Crippen molar-refractivity contribution in [2.45, 2.75) is 42.4 Å². The third kappa shape index (κ3) is 6.06. The van der Waals surface area contributed by atoms with Crippen LogP contribution in [0, 0.1) is 22.7 Å². The van der Waals surface area contributed by atoms with Crippen LogP contribution < -0.4 is 5.56 Å². The van der Waals surface area contributed by atoms with E-state index in [9.17, 15) is 28.8 Å². The summed E-state index contributed by atoms with van der Waals surface area (Å²) in [6, 6.07) is 17.0. The number of rotatable bonds is 10. The Hall–Kier alpha value is -4.88. The summed E-state index contributed by atoms with van der Waals surface area (Å²) < 4.78 is 39.9. The second-order valence-corrected chi connectivity index (χ2v) is 11.4. The van der Waals surface area contributed by atoms with Crippen molar-refractivity contribution in [3.8, 4) is 29.1 Å². The van der Waals surface area contributed by atoms with Gasteiger partial charge in [0.05, 0.1) is 40.8 Å². The maximum Gasteiger partial charge on any atom is 0.296 e. The first-order valence-corrected chi connectivity index (χ1v) is 14.2. The van der Waals surface area contributed by atoms with Gasteiger partial charge >= 0.3 is 0 Å². The number of sulfone groups is 1. The summed E-state index contributed by atoms with van der Waals surface area (Å²) in [7, 11) is -3.16. The second-order valence-electron chi connectivity index (χ2n) is 9.48. The van der Waals surface area contributed by atoms with Gasteiger partial charge in [0, 0.05) is 25.1 Å². The minimum absolute atomic E-state index is 0.0216. The summed E-state index contributed by atoms with van der Waals surface area (Å²) in [6.07, 6.45) is 2.66. The van der Waals surface area contributed by atoms with E-state index in [1.54, 1.807) is 44.2 Å². The quantitative estimate of drug-likeness (QED) is 0.289. The van der Waals surface area contributed by atoms with E-state index in [1.807, 2.05) is 6.07 Å². The van der Waals surface area contributed by atoms with Gasteiger partial charge in [0.2, 0.25) is 15.7 Å². The second kappa shape index (κ2) is 12.7. The standard InChI is InChI=1S/C30H27N5O6S/c1-19(2)41-18-27-34-29(36)28(30(37)35(27)26(17-40-3)22-6-4-5-20(13-22)14-31)42(38,39)24-9-7-21(8-10-24)25-11-12-33-16-23(25)15-32/h4-13,16,19,26,37H,17-18H2,1-3H3/t26-/m0/s1. The Balaban J connectivity index is 1.90. The zero-order valence-corrected chi connectivity index (χ0v) is 23.9. The van der Waals surface area contributed by atoms with Crippen molar-refractivity contribution in [2.24, 2.45) is 0 Å². The SMILES string of the molecule is COC[C@@H](c1cccc(C#N)c1)n1c(COC(C)C)nc(=O)c(S(=O)(=O)c2ccc(-c3ccncc3C#N)cc2)c1O. The highest BCUT2D eigenvalue weighted by molar-refractivity contribution is 7.91. The minimum Gasteiger partial charge on any atom is -0.493 e. The highest BCUT2D eigenvalue weighted by atomic mass is 32.2. The van der Waals surface area contributed by atoms with Crippen LogP contribution in [-0.2, 0) is 25.9 Å². The van der Waals surface area contributed by atoms with Gasteiger partial charge < -0.3 is 14.6 Å². The van der Waals surface area contributed by atoms with E-state index in [0.29, 0.717) is 27.8 Å². The molecule has 0 aliphatic heterocycles. The normalized spacial score (nSPS) is 12.0. The molecule has 0 aliphatic rings. The van der Waals surface area contributed by atoms with Crippen LogP contribution in [0.25, 0.3) is 11.1 Å². The Morgan fingerprint density at radius 1 is 1.07 bits per heavy atom. The molecule has 0 amide bonds. The fourth-order valence-corrected chi connectivity index (χ4v) is 5.76. The van der Waals surface area contributed by atoms with Crippen LogP contribution in [0.5, 0.6) is 5.88 Å². The number of aromatic nitrogens is 3. The number of ether oxygens (including phenoxy) is 2. The van der Waals surface area contributed by atoms with Gasteiger partial charge in [-0.25, -0.2) is 8.42 Å². The highest BCUT2D eigenvalue weighted by Crippen LogP contribution is 2.33. The van der Waals surface area contributed by atoms with Gasteiger partial charge in [0.1, 0.15) is 18.5 Å². The molecular formula is C30H27N5O6S. The van der Waals surface area contributed by atoms with E-state index in [4.69, 9.17) is 9.47 Å². The minimum atomic E-state index is -4.59. The molecule has 1 atom stereocenters. The number of methoxy groups -OCH3 is 1. The predicted octanol–water partition coefficient (Wildman–Crippen LogP) is 3.75. The summed E-state index contributed by atoms with van der Waals surface area (Å²) in [5, 5.41) is 30.3. The molecule has 2 aromatic heterocycles. The first kappa shape index (κ1) is 30.1. The Labute approximate surface area is 242 Å². The van der Waals surface area contributed by atoms with Gasteiger partial charge in [0.25, 0.3) is 5.56 Å². The molecule has 4 rings (SSSR count). The fraction of sp³-hybridized carbons (Fsp3) is 0.233. The van der Waals surface area contributed by atoms with E-state index < -0.39 is 32.2 Å². The molecule has 0 saturated carbocycles. The van der Waals surface area contributed by atoms with Gasteiger partial charge in [0.15, 0.2) is 4.90 Å². The number of pyridine rings is 1. The van der Waals surface area contributed by atoms with Gasteiger partial charge in [-0.15, -0.1) is 0 Å². The molecule has 0 radical (unpaired) electrons. The van der Waals surface area contributed by atoms with Crippen molar-refractivity contribution in [1.82, 2.24) is 14.5 Å². The van der Waals surface area contributed by atoms with Crippen LogP contribution in [0.3, 0.4) is 0 Å². The molecule has 0 spiro atoms. The average Bonchev–Trinajstić information content (AvgIpc) is 2.99. The fourth-order valence-electron chi connectivity index (χ4n) is 4.41. The molecule has 11 nitrogen and oxygen atoms in total. The predicted molar refractivity (Wildman–Crippen MR) is 151 cm³/mol. The third-order valence-electron chi connectivity index (χ3n) is 6.40. The first-order valence-electron chi connectivity index (χ1n) is 12.8. The van der Waals surface area contributed by atoms with Crippen LogP contribution in [0.2, 0.25) is 0 Å². The summed E-state index contributed by atoms with van der Waals surface area (Å²) in [4.78, 5) is 20.0. The van der Waals surface area contributed by atoms with E-state index >= 15 is 0 Å². The summed E-state index contributed by atoms with van der Waals surface area (Å²) in [6.45, 7) is 3.29. The molecule has 12 heteroatoms. The Morgan fingerprint density at radius 3 is 2.45 bits per heavy atom. The van der Waals surface area contributed by atoms with E-state index in [0.717, 1.165) is 0 Å². The molecular weight excluding hydrogens is 558 g/mol. The van der Waals surface area contributed by atoms with Gasteiger partial charge in [-0.05, 0) is 55.3 Å². The lowest BCUT2D eigenvalue weighted by molar-refractivity contribution is 0.0554. The summed E-state index contributed by atoms with van der Waals surface area (Å²) >= 11 is 0. The molecule has 4 aromatic rings. The van der Waals surface area contributed by atoms with E-state index in [2.05, 4.69) is 16.0 Å². The zero-order chi connectivity index (χ0) is 30.4. The molecule has 0 unspecified atom stereocenters. The van der Waals surface area contributed by atoms with E-state index in [-0.39, 0.29) is 30.0 Å². The molecule has 2 aromatic carbocycles. The van der Waals surface area contributed by atoms with E-state index in [1.165, 1.54) is 48.3 Å². The van der Waals surface area contributed by atoms with Crippen molar-refractivity contribution in [1.29, 1.82) is 10.5 Å². The lowest BCUT2D eigenvalue weighted by atomic mass is 10.0. The molecule has 2 heterocycles. The van der Waals surface area contributed by atoms with Crippen LogP contribution in [0.4, 0.5) is 0 Å². The molecule has 214 valence electrons. The maximum atomic E-state index is 13.8. The smallest absolute Gasteiger partial charge is 0.296 e. The first-order chi connectivity index (χ1) is 20.1. The molecule has 0 aliphatic carbocycles.